The maximum atomic E-state index is 13.1. The van der Waals surface area contributed by atoms with Crippen molar-refractivity contribution >= 4 is 17.5 Å². The van der Waals surface area contributed by atoms with E-state index in [1.165, 1.54) is 14.2 Å². The van der Waals surface area contributed by atoms with Crippen molar-refractivity contribution < 1.29 is 33.6 Å². The molecule has 33 heavy (non-hydrogen) atoms. The monoisotopic (exact) mass is 452 g/mol. The zero-order valence-corrected chi connectivity index (χ0v) is 19.4. The average Bonchev–Trinajstić information content (AvgIpc) is 3.10. The third-order valence-corrected chi connectivity index (χ3v) is 5.51. The molecular weight excluding hydrogens is 424 g/mol. The normalized spacial score (nSPS) is 17.4. The lowest BCUT2D eigenvalue weighted by molar-refractivity contribution is -0.169. The van der Waals surface area contributed by atoms with Gasteiger partial charge in [0.05, 0.1) is 26.9 Å². The summed E-state index contributed by atoms with van der Waals surface area (Å²) in [6, 6.07) is 11.9. The van der Waals surface area contributed by atoms with Gasteiger partial charge in [-0.05, 0) is 55.2 Å². The largest absolute Gasteiger partial charge is 0.508 e. The highest BCUT2D eigenvalue weighted by molar-refractivity contribution is 6.11. The molecule has 0 spiro atoms. The maximum Gasteiger partial charge on any atom is 0.375 e. The molecule has 0 aliphatic carbocycles. The van der Waals surface area contributed by atoms with Crippen LogP contribution in [0.5, 0.6) is 11.5 Å². The molecule has 174 valence electrons. The van der Waals surface area contributed by atoms with Crippen molar-refractivity contribution in [3.63, 3.8) is 0 Å². The molecule has 0 unspecified atom stereocenters. The number of hydrogen-bond acceptors (Lipinski definition) is 7. The van der Waals surface area contributed by atoms with Crippen LogP contribution in [0.25, 0.3) is 5.57 Å². The summed E-state index contributed by atoms with van der Waals surface area (Å²) < 4.78 is 21.4. The minimum Gasteiger partial charge on any atom is -0.508 e. The van der Waals surface area contributed by atoms with Crippen LogP contribution in [0, 0.1) is 0 Å². The van der Waals surface area contributed by atoms with Gasteiger partial charge in [-0.3, -0.25) is 0 Å². The number of hydrogen-bond donors (Lipinski definition) is 1. The Balaban J connectivity index is 2.14. The Morgan fingerprint density at radius 1 is 1.06 bits per heavy atom. The van der Waals surface area contributed by atoms with E-state index >= 15 is 0 Å². The van der Waals surface area contributed by atoms with Gasteiger partial charge in [-0.25, -0.2) is 9.59 Å². The van der Waals surface area contributed by atoms with Gasteiger partial charge in [0, 0.05) is 6.42 Å². The van der Waals surface area contributed by atoms with Crippen LogP contribution in [0.2, 0.25) is 0 Å². The van der Waals surface area contributed by atoms with Crippen LogP contribution in [0.3, 0.4) is 0 Å². The van der Waals surface area contributed by atoms with E-state index in [0.29, 0.717) is 28.9 Å². The van der Waals surface area contributed by atoms with Crippen molar-refractivity contribution in [2.75, 3.05) is 21.3 Å². The second-order valence-electron chi connectivity index (χ2n) is 7.97. The first-order valence-corrected chi connectivity index (χ1v) is 10.4. The predicted molar refractivity (Wildman–Crippen MR) is 123 cm³/mol. The van der Waals surface area contributed by atoms with Crippen molar-refractivity contribution in [3.05, 3.63) is 76.6 Å². The van der Waals surface area contributed by atoms with E-state index in [1.54, 1.807) is 49.6 Å². The number of methoxy groups -OCH3 is 3. The van der Waals surface area contributed by atoms with Gasteiger partial charge in [-0.15, -0.1) is 0 Å². The van der Waals surface area contributed by atoms with Crippen LogP contribution in [-0.2, 0) is 36.6 Å². The van der Waals surface area contributed by atoms with Crippen molar-refractivity contribution in [3.8, 4) is 11.5 Å². The summed E-state index contributed by atoms with van der Waals surface area (Å²) in [4.78, 5) is 25.9. The average molecular weight is 453 g/mol. The lowest BCUT2D eigenvalue weighted by Crippen LogP contribution is -2.44. The first kappa shape index (κ1) is 23.9. The van der Waals surface area contributed by atoms with Gasteiger partial charge < -0.3 is 24.1 Å². The van der Waals surface area contributed by atoms with Gasteiger partial charge in [0.2, 0.25) is 11.4 Å². The fraction of sp³-hybridized carbons (Fsp3) is 0.308. The summed E-state index contributed by atoms with van der Waals surface area (Å²) in [5, 5.41) is 10.3. The number of rotatable bonds is 8. The fourth-order valence-electron chi connectivity index (χ4n) is 3.87. The lowest BCUT2D eigenvalue weighted by atomic mass is 9.83. The molecule has 1 heterocycles. The van der Waals surface area contributed by atoms with E-state index in [-0.39, 0.29) is 23.5 Å². The molecular formula is C26H28O7. The number of esters is 2. The molecule has 0 saturated carbocycles. The smallest absolute Gasteiger partial charge is 0.375 e. The third-order valence-electron chi connectivity index (χ3n) is 5.51. The molecule has 2 aromatic carbocycles. The van der Waals surface area contributed by atoms with Crippen LogP contribution in [0.4, 0.5) is 0 Å². The number of ether oxygens (including phenoxy) is 4. The number of benzene rings is 2. The summed E-state index contributed by atoms with van der Waals surface area (Å²) in [7, 11) is 4.14. The van der Waals surface area contributed by atoms with Crippen molar-refractivity contribution in [2.24, 2.45) is 0 Å². The van der Waals surface area contributed by atoms with E-state index in [9.17, 15) is 14.7 Å². The van der Waals surface area contributed by atoms with Gasteiger partial charge in [-0.2, -0.15) is 0 Å². The number of phenolic OH excluding ortho intramolecular Hbond substituents is 1. The molecule has 0 aromatic heterocycles. The Bertz CT molecular complexity index is 1110. The molecule has 0 fully saturated rings. The van der Waals surface area contributed by atoms with Crippen LogP contribution in [0.1, 0.15) is 30.5 Å². The molecule has 7 heteroatoms. The van der Waals surface area contributed by atoms with Gasteiger partial charge >= 0.3 is 11.9 Å². The van der Waals surface area contributed by atoms with Crippen LogP contribution >= 0.6 is 0 Å². The number of allylic oxidation sites excluding steroid dienone is 2. The van der Waals surface area contributed by atoms with Crippen LogP contribution < -0.4 is 4.74 Å². The summed E-state index contributed by atoms with van der Waals surface area (Å²) in [5.41, 5.74) is 1.59. The van der Waals surface area contributed by atoms with Crippen molar-refractivity contribution in [1.82, 2.24) is 0 Å². The molecule has 0 amide bonds. The van der Waals surface area contributed by atoms with Crippen molar-refractivity contribution in [2.45, 2.75) is 32.3 Å². The Kier molecular flexibility index (Phi) is 7.11. The van der Waals surface area contributed by atoms with Crippen LogP contribution in [-0.4, -0.2) is 44.0 Å². The number of phenols is 1. The highest BCUT2D eigenvalue weighted by Gasteiger charge is 2.56. The predicted octanol–water partition coefficient (Wildman–Crippen LogP) is 3.98. The van der Waals surface area contributed by atoms with Gasteiger partial charge in [0.15, 0.2) is 0 Å². The molecule has 0 radical (unpaired) electrons. The second kappa shape index (κ2) is 9.81. The SMILES string of the molecule is COC(=O)[C@]1(Cc2ccc(O)c(CC=C(C)C)c2)OC(=O)C(OC)=C1c1ccc(OC)cc1. The Morgan fingerprint density at radius 3 is 2.33 bits per heavy atom. The Labute approximate surface area is 193 Å². The topological polar surface area (TPSA) is 91.3 Å². The Morgan fingerprint density at radius 2 is 1.76 bits per heavy atom. The minimum absolute atomic E-state index is 0.00172. The van der Waals surface area contributed by atoms with E-state index in [1.807, 2.05) is 19.9 Å². The van der Waals surface area contributed by atoms with Crippen LogP contribution in [0.15, 0.2) is 59.9 Å². The first-order chi connectivity index (χ1) is 15.7. The fourth-order valence-corrected chi connectivity index (χ4v) is 3.87. The van der Waals surface area contributed by atoms with Gasteiger partial charge in [0.1, 0.15) is 11.5 Å². The molecule has 1 aliphatic rings. The quantitative estimate of drug-likeness (QED) is 0.479. The number of cyclic esters (lactones) is 1. The van der Waals surface area contributed by atoms with E-state index in [2.05, 4.69) is 0 Å². The highest BCUT2D eigenvalue weighted by atomic mass is 16.6. The number of aromatic hydroxyl groups is 1. The first-order valence-electron chi connectivity index (χ1n) is 10.4. The maximum absolute atomic E-state index is 13.1. The molecule has 1 aliphatic heterocycles. The Hall–Kier alpha value is -3.74. The molecule has 1 atom stereocenters. The molecule has 2 aromatic rings. The minimum atomic E-state index is -1.75. The molecule has 3 rings (SSSR count). The zero-order valence-electron chi connectivity index (χ0n) is 19.4. The van der Waals surface area contributed by atoms with Gasteiger partial charge in [0.25, 0.3) is 0 Å². The summed E-state index contributed by atoms with van der Waals surface area (Å²) in [6.45, 7) is 3.95. The summed E-state index contributed by atoms with van der Waals surface area (Å²) >= 11 is 0. The summed E-state index contributed by atoms with van der Waals surface area (Å²) in [5.74, 6) is -0.774. The van der Waals surface area contributed by atoms with Crippen molar-refractivity contribution in [1.29, 1.82) is 0 Å². The summed E-state index contributed by atoms with van der Waals surface area (Å²) in [6.07, 6.45) is 2.52. The van der Waals surface area contributed by atoms with Gasteiger partial charge in [-0.1, -0.05) is 35.9 Å². The zero-order chi connectivity index (χ0) is 24.2. The van der Waals surface area contributed by atoms with E-state index < -0.39 is 17.5 Å². The number of carbonyl (C=O) groups excluding carboxylic acids is 2. The number of carbonyl (C=O) groups is 2. The highest BCUT2D eigenvalue weighted by Crippen LogP contribution is 2.44. The third kappa shape index (κ3) is 4.72. The van der Waals surface area contributed by atoms with E-state index in [0.717, 1.165) is 5.57 Å². The molecule has 7 nitrogen and oxygen atoms in total. The standard InChI is InChI=1S/C26H28O7/c1-16(2)6-8-19-14-17(7-13-21(19)27)15-26(25(29)32-5)22(23(31-4)24(28)33-26)18-9-11-20(30-3)12-10-18/h6-7,9-14,27H,8,15H2,1-5H3/t26-/m1/s1. The molecule has 0 bridgehead atoms. The molecule has 1 N–H and O–H groups in total. The van der Waals surface area contributed by atoms with E-state index in [4.69, 9.17) is 18.9 Å². The second-order valence-corrected chi connectivity index (χ2v) is 7.97. The lowest BCUT2D eigenvalue weighted by Gasteiger charge is -2.28. The molecule has 0 saturated heterocycles.